The Balaban J connectivity index is 2.00. The standard InChI is InChI=1S/C14H14Cl2N4O3S/c1-7(17-12(22)10(15)16)11(21)18-14-20-19-13(24-14)8-3-5-9(23-2)6-4-8/h3-7,10H,1-2H3,(H,17,22)(H,18,20,21). The Morgan fingerprint density at radius 2 is 1.83 bits per heavy atom. The highest BCUT2D eigenvalue weighted by atomic mass is 35.5. The fraction of sp³-hybridized carbons (Fsp3) is 0.286. The monoisotopic (exact) mass is 388 g/mol. The molecule has 128 valence electrons. The lowest BCUT2D eigenvalue weighted by atomic mass is 10.2. The minimum absolute atomic E-state index is 0.320. The number of aromatic nitrogens is 2. The molecule has 0 aliphatic carbocycles. The summed E-state index contributed by atoms with van der Waals surface area (Å²) in [7, 11) is 1.59. The van der Waals surface area contributed by atoms with Crippen LogP contribution < -0.4 is 15.4 Å². The maximum absolute atomic E-state index is 12.0. The number of carbonyl (C=O) groups is 2. The molecule has 0 aliphatic rings. The first-order chi connectivity index (χ1) is 11.4. The van der Waals surface area contributed by atoms with Crippen molar-refractivity contribution >= 4 is 51.5 Å². The maximum atomic E-state index is 12.0. The summed E-state index contributed by atoms with van der Waals surface area (Å²) in [6.45, 7) is 1.51. The lowest BCUT2D eigenvalue weighted by molar-refractivity contribution is -0.125. The summed E-state index contributed by atoms with van der Waals surface area (Å²) in [6.07, 6.45) is 0. The zero-order valence-corrected chi connectivity index (χ0v) is 15.1. The number of anilines is 1. The first-order valence-corrected chi connectivity index (χ1v) is 8.47. The lowest BCUT2D eigenvalue weighted by Crippen LogP contribution is -2.43. The molecule has 0 bridgehead atoms. The first-order valence-electron chi connectivity index (χ1n) is 6.78. The smallest absolute Gasteiger partial charge is 0.253 e. The molecule has 1 aromatic heterocycles. The molecule has 10 heteroatoms. The molecule has 7 nitrogen and oxygen atoms in total. The number of hydrogen-bond acceptors (Lipinski definition) is 6. The number of alkyl halides is 2. The van der Waals surface area contributed by atoms with Crippen molar-refractivity contribution in [2.45, 2.75) is 17.8 Å². The summed E-state index contributed by atoms with van der Waals surface area (Å²) in [5.41, 5.74) is 0.849. The van der Waals surface area contributed by atoms with Gasteiger partial charge >= 0.3 is 0 Å². The van der Waals surface area contributed by atoms with Gasteiger partial charge in [0.15, 0.2) is 4.84 Å². The molecule has 0 fully saturated rings. The van der Waals surface area contributed by atoms with Crippen molar-refractivity contribution in [3.05, 3.63) is 24.3 Å². The fourth-order valence-corrected chi connectivity index (χ4v) is 2.56. The number of ether oxygens (including phenoxy) is 1. The van der Waals surface area contributed by atoms with E-state index in [9.17, 15) is 9.59 Å². The van der Waals surface area contributed by atoms with Crippen molar-refractivity contribution in [3.8, 4) is 16.3 Å². The van der Waals surface area contributed by atoms with Gasteiger partial charge in [-0.2, -0.15) is 0 Å². The highest BCUT2D eigenvalue weighted by Crippen LogP contribution is 2.27. The first kappa shape index (κ1) is 18.4. The predicted octanol–water partition coefficient (Wildman–Crippen LogP) is 2.46. The Morgan fingerprint density at radius 3 is 2.42 bits per heavy atom. The van der Waals surface area contributed by atoms with E-state index in [2.05, 4.69) is 20.8 Å². The quantitative estimate of drug-likeness (QED) is 0.741. The summed E-state index contributed by atoms with van der Waals surface area (Å²) >= 11 is 12.1. The molecule has 0 radical (unpaired) electrons. The predicted molar refractivity (Wildman–Crippen MR) is 93.6 cm³/mol. The van der Waals surface area contributed by atoms with E-state index in [1.807, 2.05) is 12.1 Å². The van der Waals surface area contributed by atoms with Crippen LogP contribution in [0.3, 0.4) is 0 Å². The van der Waals surface area contributed by atoms with Crippen LogP contribution in [0.1, 0.15) is 6.92 Å². The lowest BCUT2D eigenvalue weighted by Gasteiger charge is -2.12. The van der Waals surface area contributed by atoms with Gasteiger partial charge in [0.05, 0.1) is 7.11 Å². The molecule has 1 aromatic carbocycles. The van der Waals surface area contributed by atoms with Crippen LogP contribution in [-0.4, -0.2) is 40.0 Å². The summed E-state index contributed by atoms with van der Waals surface area (Å²) < 4.78 is 5.09. The Bertz CT molecular complexity index is 721. The zero-order chi connectivity index (χ0) is 17.7. The number of nitrogens with zero attached hydrogens (tertiary/aromatic N) is 2. The van der Waals surface area contributed by atoms with Crippen LogP contribution >= 0.6 is 34.5 Å². The molecule has 2 aromatic rings. The number of amides is 2. The number of hydrogen-bond donors (Lipinski definition) is 2. The normalized spacial score (nSPS) is 11.9. The molecule has 0 saturated heterocycles. The third kappa shape index (κ3) is 4.80. The highest BCUT2D eigenvalue weighted by Gasteiger charge is 2.20. The van der Waals surface area contributed by atoms with Crippen molar-refractivity contribution in [2.24, 2.45) is 0 Å². The van der Waals surface area contributed by atoms with Gasteiger partial charge < -0.3 is 10.1 Å². The molecule has 1 atom stereocenters. The fourth-order valence-electron chi connectivity index (χ4n) is 1.68. The van der Waals surface area contributed by atoms with E-state index in [0.717, 1.165) is 11.3 Å². The SMILES string of the molecule is COc1ccc(-c2nnc(NC(=O)C(C)NC(=O)C(Cl)Cl)s2)cc1. The van der Waals surface area contributed by atoms with Crippen molar-refractivity contribution in [2.75, 3.05) is 12.4 Å². The van der Waals surface area contributed by atoms with Crippen LogP contribution in [0.2, 0.25) is 0 Å². The van der Waals surface area contributed by atoms with Gasteiger partial charge in [0.2, 0.25) is 11.0 Å². The minimum Gasteiger partial charge on any atom is -0.497 e. The Morgan fingerprint density at radius 1 is 1.17 bits per heavy atom. The second-order valence-electron chi connectivity index (χ2n) is 4.66. The van der Waals surface area contributed by atoms with Crippen LogP contribution in [0.15, 0.2) is 24.3 Å². The Kier molecular flexibility index (Phi) is 6.36. The average Bonchev–Trinajstić information content (AvgIpc) is 3.03. The van der Waals surface area contributed by atoms with Crippen LogP contribution in [0.5, 0.6) is 5.75 Å². The second kappa shape index (κ2) is 8.27. The summed E-state index contributed by atoms with van der Waals surface area (Å²) in [5.74, 6) is -0.356. The molecule has 1 heterocycles. The Labute approximate surface area is 152 Å². The van der Waals surface area contributed by atoms with Gasteiger partial charge in [0.25, 0.3) is 5.91 Å². The van der Waals surface area contributed by atoms with Crippen LogP contribution in [0, 0.1) is 0 Å². The third-order valence-corrected chi connectivity index (χ3v) is 4.23. The molecule has 2 amide bonds. The van der Waals surface area contributed by atoms with E-state index in [4.69, 9.17) is 27.9 Å². The largest absolute Gasteiger partial charge is 0.497 e. The van der Waals surface area contributed by atoms with Crippen LogP contribution in [-0.2, 0) is 9.59 Å². The molecule has 24 heavy (non-hydrogen) atoms. The van der Waals surface area contributed by atoms with Crippen molar-refractivity contribution in [1.29, 1.82) is 0 Å². The summed E-state index contributed by atoms with van der Waals surface area (Å²) in [6, 6.07) is 6.48. The summed E-state index contributed by atoms with van der Waals surface area (Å²) in [4.78, 5) is 22.1. The van der Waals surface area contributed by atoms with E-state index in [-0.39, 0.29) is 0 Å². The number of methoxy groups -OCH3 is 1. The minimum atomic E-state index is -1.23. The van der Waals surface area contributed by atoms with Crippen LogP contribution in [0.25, 0.3) is 10.6 Å². The molecule has 1 unspecified atom stereocenters. The molecule has 0 aliphatic heterocycles. The Hall–Kier alpha value is -1.90. The van der Waals surface area contributed by atoms with E-state index >= 15 is 0 Å². The van der Waals surface area contributed by atoms with Gasteiger partial charge in [-0.05, 0) is 31.2 Å². The van der Waals surface area contributed by atoms with Gasteiger partial charge in [0.1, 0.15) is 16.8 Å². The number of carbonyl (C=O) groups excluding carboxylic acids is 2. The average molecular weight is 389 g/mol. The molecule has 2 rings (SSSR count). The highest BCUT2D eigenvalue weighted by molar-refractivity contribution is 7.18. The topological polar surface area (TPSA) is 93.2 Å². The van der Waals surface area contributed by atoms with Crippen molar-refractivity contribution in [1.82, 2.24) is 15.5 Å². The van der Waals surface area contributed by atoms with E-state index < -0.39 is 22.7 Å². The van der Waals surface area contributed by atoms with Crippen molar-refractivity contribution < 1.29 is 14.3 Å². The number of nitrogens with one attached hydrogen (secondary N) is 2. The summed E-state index contributed by atoms with van der Waals surface area (Å²) in [5, 5.41) is 13.9. The number of rotatable bonds is 6. The number of benzene rings is 1. The third-order valence-electron chi connectivity index (χ3n) is 2.94. The van der Waals surface area contributed by atoms with Crippen LogP contribution in [0.4, 0.5) is 5.13 Å². The van der Waals surface area contributed by atoms with Crippen molar-refractivity contribution in [3.63, 3.8) is 0 Å². The maximum Gasteiger partial charge on any atom is 0.253 e. The van der Waals surface area contributed by atoms with E-state index in [0.29, 0.717) is 10.1 Å². The van der Waals surface area contributed by atoms with Gasteiger partial charge in [-0.25, -0.2) is 0 Å². The molecular weight excluding hydrogens is 375 g/mol. The molecule has 0 spiro atoms. The molecule has 0 saturated carbocycles. The molecule has 2 N–H and O–H groups in total. The zero-order valence-electron chi connectivity index (χ0n) is 12.7. The van der Waals surface area contributed by atoms with E-state index in [1.54, 1.807) is 19.2 Å². The van der Waals surface area contributed by atoms with Gasteiger partial charge in [-0.1, -0.05) is 34.5 Å². The van der Waals surface area contributed by atoms with Gasteiger partial charge in [0, 0.05) is 5.56 Å². The van der Waals surface area contributed by atoms with Gasteiger partial charge in [-0.15, -0.1) is 10.2 Å². The van der Waals surface area contributed by atoms with Gasteiger partial charge in [-0.3, -0.25) is 14.9 Å². The second-order valence-corrected chi connectivity index (χ2v) is 6.73. The van der Waals surface area contributed by atoms with E-state index in [1.165, 1.54) is 18.3 Å². The number of halogens is 2. The molecular formula is C14H14Cl2N4O3S.